The van der Waals surface area contributed by atoms with E-state index in [2.05, 4.69) is 27.4 Å². The summed E-state index contributed by atoms with van der Waals surface area (Å²) in [7, 11) is 0. The van der Waals surface area contributed by atoms with Crippen molar-refractivity contribution in [2.24, 2.45) is 0 Å². The standard InChI is InChI=1S/C14H11BrFN3/c15-11-4-5-13(12(16)6-11)19-8-10-3-1-2-9(7-17)14(10)18-19/h4-6,8,18H,1-3H2. The molecule has 96 valence electrons. The average Bonchev–Trinajstić information content (AvgIpc) is 2.81. The topological polar surface area (TPSA) is 39.1 Å². The van der Waals surface area contributed by atoms with Crippen molar-refractivity contribution in [2.45, 2.75) is 19.3 Å². The molecule has 1 heterocycles. The van der Waals surface area contributed by atoms with Crippen LogP contribution in [0.3, 0.4) is 0 Å². The minimum absolute atomic E-state index is 0.309. The number of nitriles is 1. The van der Waals surface area contributed by atoms with E-state index in [4.69, 9.17) is 5.26 Å². The monoisotopic (exact) mass is 319 g/mol. The average molecular weight is 320 g/mol. The van der Waals surface area contributed by atoms with E-state index in [1.165, 1.54) is 6.07 Å². The number of anilines is 1. The predicted octanol–water partition coefficient (Wildman–Crippen LogP) is 3.76. The number of hydrazine groups is 1. The van der Waals surface area contributed by atoms with Crippen LogP contribution < -0.4 is 10.4 Å². The van der Waals surface area contributed by atoms with Gasteiger partial charge in [-0.1, -0.05) is 15.9 Å². The Morgan fingerprint density at radius 2 is 2.21 bits per heavy atom. The number of hydrogen-bond acceptors (Lipinski definition) is 3. The van der Waals surface area contributed by atoms with Crippen LogP contribution in [0.4, 0.5) is 10.1 Å². The van der Waals surface area contributed by atoms with Crippen LogP contribution in [0, 0.1) is 17.1 Å². The first-order valence-corrected chi connectivity index (χ1v) is 6.83. The lowest BCUT2D eigenvalue weighted by atomic mass is 9.94. The summed E-state index contributed by atoms with van der Waals surface area (Å²) >= 11 is 3.24. The fourth-order valence-corrected chi connectivity index (χ4v) is 2.73. The summed E-state index contributed by atoms with van der Waals surface area (Å²) in [5.74, 6) is -0.309. The molecule has 2 aliphatic rings. The van der Waals surface area contributed by atoms with Crippen molar-refractivity contribution in [2.75, 3.05) is 5.01 Å². The van der Waals surface area contributed by atoms with Crippen molar-refractivity contribution in [1.29, 1.82) is 5.26 Å². The van der Waals surface area contributed by atoms with Crippen LogP contribution in [-0.4, -0.2) is 0 Å². The first kappa shape index (κ1) is 12.2. The van der Waals surface area contributed by atoms with E-state index in [9.17, 15) is 4.39 Å². The molecule has 0 unspecified atom stereocenters. The van der Waals surface area contributed by atoms with E-state index in [1.54, 1.807) is 17.1 Å². The molecule has 1 aliphatic carbocycles. The van der Waals surface area contributed by atoms with Gasteiger partial charge in [0.05, 0.1) is 23.0 Å². The Kier molecular flexibility index (Phi) is 3.03. The Balaban J connectivity index is 1.99. The third-order valence-electron chi connectivity index (χ3n) is 3.32. The minimum atomic E-state index is -0.309. The molecule has 0 atom stereocenters. The summed E-state index contributed by atoms with van der Waals surface area (Å²) in [6.07, 6.45) is 4.55. The minimum Gasteiger partial charge on any atom is -0.293 e. The van der Waals surface area contributed by atoms with Crippen molar-refractivity contribution in [3.05, 3.63) is 51.5 Å². The summed E-state index contributed by atoms with van der Waals surface area (Å²) in [5.41, 5.74) is 6.23. The van der Waals surface area contributed by atoms with Crippen LogP contribution in [0.5, 0.6) is 0 Å². The number of fused-ring (bicyclic) bond motifs is 1. The molecule has 0 saturated carbocycles. The van der Waals surface area contributed by atoms with Gasteiger partial charge in [0.1, 0.15) is 5.82 Å². The lowest BCUT2D eigenvalue weighted by Gasteiger charge is -2.19. The molecule has 0 fully saturated rings. The van der Waals surface area contributed by atoms with Gasteiger partial charge in [-0.05, 0) is 43.0 Å². The highest BCUT2D eigenvalue weighted by Gasteiger charge is 2.26. The van der Waals surface area contributed by atoms with Gasteiger partial charge in [0.15, 0.2) is 0 Å². The smallest absolute Gasteiger partial charge is 0.149 e. The lowest BCUT2D eigenvalue weighted by Crippen LogP contribution is -2.29. The van der Waals surface area contributed by atoms with Crippen LogP contribution >= 0.6 is 15.9 Å². The van der Waals surface area contributed by atoms with Crippen LogP contribution in [0.1, 0.15) is 19.3 Å². The Hall–Kier alpha value is -1.80. The zero-order chi connectivity index (χ0) is 13.4. The largest absolute Gasteiger partial charge is 0.293 e. The molecule has 0 radical (unpaired) electrons. The summed E-state index contributed by atoms with van der Waals surface area (Å²) in [5, 5.41) is 10.8. The predicted molar refractivity (Wildman–Crippen MR) is 74.3 cm³/mol. The van der Waals surface area contributed by atoms with Gasteiger partial charge in [0, 0.05) is 10.7 Å². The van der Waals surface area contributed by atoms with Crippen molar-refractivity contribution in [3.8, 4) is 6.07 Å². The Bertz CT molecular complexity index is 643. The molecule has 3 nitrogen and oxygen atoms in total. The summed E-state index contributed by atoms with van der Waals surface area (Å²) in [6.45, 7) is 0. The number of benzene rings is 1. The fraction of sp³-hybridized carbons (Fsp3) is 0.214. The quantitative estimate of drug-likeness (QED) is 0.856. The van der Waals surface area contributed by atoms with Crippen molar-refractivity contribution in [3.63, 3.8) is 0 Å². The first-order chi connectivity index (χ1) is 9.19. The van der Waals surface area contributed by atoms with Gasteiger partial charge in [0.25, 0.3) is 0 Å². The molecular weight excluding hydrogens is 309 g/mol. The van der Waals surface area contributed by atoms with E-state index in [0.29, 0.717) is 10.2 Å². The van der Waals surface area contributed by atoms with E-state index in [0.717, 1.165) is 36.1 Å². The van der Waals surface area contributed by atoms with Crippen LogP contribution in [-0.2, 0) is 0 Å². The lowest BCUT2D eigenvalue weighted by molar-refractivity contribution is 0.620. The van der Waals surface area contributed by atoms with Crippen molar-refractivity contribution in [1.82, 2.24) is 5.43 Å². The molecular formula is C14H11BrFN3. The maximum atomic E-state index is 13.9. The van der Waals surface area contributed by atoms with Crippen molar-refractivity contribution >= 4 is 21.6 Å². The first-order valence-electron chi connectivity index (χ1n) is 6.04. The maximum Gasteiger partial charge on any atom is 0.149 e. The number of nitrogens with one attached hydrogen (secondary N) is 1. The molecule has 0 amide bonds. The number of hydrogen-bond donors (Lipinski definition) is 1. The molecule has 0 aromatic heterocycles. The molecule has 3 rings (SSSR count). The molecule has 1 aliphatic heterocycles. The van der Waals surface area contributed by atoms with E-state index >= 15 is 0 Å². The SMILES string of the molecule is N#CC1=C2NN(c3ccc(Br)cc3F)C=C2CCC1. The highest BCUT2D eigenvalue weighted by Crippen LogP contribution is 2.34. The van der Waals surface area contributed by atoms with Crippen LogP contribution in [0.2, 0.25) is 0 Å². The van der Waals surface area contributed by atoms with Gasteiger partial charge in [0.2, 0.25) is 0 Å². The second-order valence-corrected chi connectivity index (χ2v) is 5.47. The number of allylic oxidation sites excluding steroid dienone is 2. The van der Waals surface area contributed by atoms with E-state index in [-0.39, 0.29) is 5.82 Å². The maximum absolute atomic E-state index is 13.9. The van der Waals surface area contributed by atoms with Crippen LogP contribution in [0.25, 0.3) is 0 Å². The highest BCUT2D eigenvalue weighted by molar-refractivity contribution is 9.10. The molecule has 0 saturated heterocycles. The molecule has 0 bridgehead atoms. The van der Waals surface area contributed by atoms with Gasteiger partial charge < -0.3 is 0 Å². The van der Waals surface area contributed by atoms with Gasteiger partial charge in [-0.25, -0.2) is 4.39 Å². The second kappa shape index (κ2) is 4.71. The summed E-state index contributed by atoms with van der Waals surface area (Å²) < 4.78 is 14.6. The van der Waals surface area contributed by atoms with Crippen LogP contribution in [0.15, 0.2) is 45.7 Å². The summed E-state index contributed by atoms with van der Waals surface area (Å²) in [4.78, 5) is 0. The van der Waals surface area contributed by atoms with Gasteiger partial charge in [-0.2, -0.15) is 5.26 Å². The Morgan fingerprint density at radius 1 is 1.37 bits per heavy atom. The molecule has 19 heavy (non-hydrogen) atoms. The van der Waals surface area contributed by atoms with E-state index < -0.39 is 0 Å². The zero-order valence-corrected chi connectivity index (χ0v) is 11.7. The molecule has 1 aromatic rings. The van der Waals surface area contributed by atoms with Gasteiger partial charge >= 0.3 is 0 Å². The normalized spacial score (nSPS) is 17.7. The third kappa shape index (κ3) is 2.13. The van der Waals surface area contributed by atoms with Crippen molar-refractivity contribution < 1.29 is 4.39 Å². The molecule has 1 N–H and O–H groups in total. The Labute approximate surface area is 119 Å². The molecule has 0 spiro atoms. The number of nitrogens with zero attached hydrogens (tertiary/aromatic N) is 2. The second-order valence-electron chi connectivity index (χ2n) is 4.55. The Morgan fingerprint density at radius 3 is 2.95 bits per heavy atom. The van der Waals surface area contributed by atoms with Gasteiger partial charge in [-0.15, -0.1) is 0 Å². The zero-order valence-electron chi connectivity index (χ0n) is 10.1. The molecule has 5 heteroatoms. The van der Waals surface area contributed by atoms with Gasteiger partial charge in [-0.3, -0.25) is 10.4 Å². The highest BCUT2D eigenvalue weighted by atomic mass is 79.9. The van der Waals surface area contributed by atoms with E-state index in [1.807, 2.05) is 6.20 Å². The molecule has 1 aromatic carbocycles. The number of halogens is 2. The fourth-order valence-electron chi connectivity index (χ4n) is 2.39. The summed E-state index contributed by atoms with van der Waals surface area (Å²) in [6, 6.07) is 7.14. The number of rotatable bonds is 1. The third-order valence-corrected chi connectivity index (χ3v) is 3.81.